The highest BCUT2D eigenvalue weighted by molar-refractivity contribution is 7.99. The standard InChI is InChI=1S/C38H53F3N6O6SSi/c1-55(2,3)21-20-52-27-46-35(25-54-32-9-18-51-19-10-32)42-34-23-31(22-33(39)36(34)37(46)48)53-24-28-8-11-44(26-38(28,40)41)13-12-43-14-16-45(17-15-43)29-4-6-30(7-5-29)47(49)50/h4-7,22-23,28,32H,8-21,24-27H2,1-3H3. The Morgan fingerprint density at radius 1 is 1.02 bits per heavy atom. The highest BCUT2D eigenvalue weighted by Crippen LogP contribution is 2.34. The van der Waals surface area contributed by atoms with Crippen LogP contribution in [0.25, 0.3) is 10.9 Å². The van der Waals surface area contributed by atoms with Crippen LogP contribution >= 0.6 is 11.8 Å². The van der Waals surface area contributed by atoms with Crippen molar-refractivity contribution in [3.63, 3.8) is 0 Å². The molecule has 4 heterocycles. The number of hydrogen-bond donors (Lipinski definition) is 0. The van der Waals surface area contributed by atoms with Crippen molar-refractivity contribution in [3.05, 3.63) is 68.5 Å². The number of fused-ring (bicyclic) bond motifs is 1. The van der Waals surface area contributed by atoms with Gasteiger partial charge in [0.2, 0.25) is 0 Å². The predicted octanol–water partition coefficient (Wildman–Crippen LogP) is 6.33. The van der Waals surface area contributed by atoms with Crippen molar-refractivity contribution in [1.29, 1.82) is 0 Å². The number of non-ortho nitro benzene ring substituents is 1. The summed E-state index contributed by atoms with van der Waals surface area (Å²) >= 11 is 1.69. The number of nitro benzene ring substituents is 1. The monoisotopic (exact) mass is 806 g/mol. The Balaban J connectivity index is 1.03. The summed E-state index contributed by atoms with van der Waals surface area (Å²) in [4.78, 5) is 35.2. The van der Waals surface area contributed by atoms with Gasteiger partial charge in [-0.05, 0) is 44.0 Å². The zero-order chi connectivity index (χ0) is 39.2. The Morgan fingerprint density at radius 3 is 2.40 bits per heavy atom. The van der Waals surface area contributed by atoms with Gasteiger partial charge in [0.15, 0.2) is 0 Å². The van der Waals surface area contributed by atoms with Crippen molar-refractivity contribution in [2.45, 2.75) is 68.6 Å². The molecule has 0 bridgehead atoms. The number of aromatic nitrogens is 2. The van der Waals surface area contributed by atoms with Crippen LogP contribution in [0.3, 0.4) is 0 Å². The van der Waals surface area contributed by atoms with Gasteiger partial charge >= 0.3 is 0 Å². The number of thioether (sulfide) groups is 1. The lowest BCUT2D eigenvalue weighted by Crippen LogP contribution is -2.53. The maximum absolute atomic E-state index is 15.6. The Morgan fingerprint density at radius 2 is 1.73 bits per heavy atom. The van der Waals surface area contributed by atoms with E-state index in [0.29, 0.717) is 56.3 Å². The molecule has 0 radical (unpaired) electrons. The second-order valence-corrected chi connectivity index (χ2v) is 22.9. The fraction of sp³-hybridized carbons (Fsp3) is 0.632. The lowest BCUT2D eigenvalue weighted by atomic mass is 9.93. The number of nitrogens with zero attached hydrogens (tertiary/aromatic N) is 6. The SMILES string of the molecule is C[Si](C)(C)CCOCn1c(CSC2CCOCC2)nc2cc(OCC3CCN(CCN4CCN(c5ccc([N+](=O)[O-])cc5)CC4)CC3(F)F)cc(F)c2c1=O. The number of benzene rings is 2. The van der Waals surface area contributed by atoms with Gasteiger partial charge in [-0.1, -0.05) is 19.6 Å². The van der Waals surface area contributed by atoms with Crippen LogP contribution in [0.15, 0.2) is 41.2 Å². The molecule has 6 rings (SSSR count). The Kier molecular flexibility index (Phi) is 13.8. The zero-order valence-electron chi connectivity index (χ0n) is 32.0. The van der Waals surface area contributed by atoms with E-state index in [1.165, 1.54) is 22.8 Å². The van der Waals surface area contributed by atoms with E-state index in [-0.39, 0.29) is 48.6 Å². The number of piperidine rings is 1. The molecular weight excluding hydrogens is 754 g/mol. The minimum absolute atomic E-state index is 0.0255. The first-order valence-corrected chi connectivity index (χ1v) is 24.0. The van der Waals surface area contributed by atoms with Gasteiger partial charge in [-0.25, -0.2) is 18.2 Å². The number of halogens is 3. The molecule has 1 atom stereocenters. The minimum Gasteiger partial charge on any atom is -0.493 e. The average Bonchev–Trinajstić information content (AvgIpc) is 3.15. The fourth-order valence-corrected chi connectivity index (χ4v) is 9.05. The quantitative estimate of drug-likeness (QED) is 0.0701. The average molecular weight is 807 g/mol. The van der Waals surface area contributed by atoms with Gasteiger partial charge in [0, 0.05) is 102 Å². The summed E-state index contributed by atoms with van der Waals surface area (Å²) in [5.41, 5.74) is 0.588. The molecule has 3 aromatic rings. The minimum atomic E-state index is -3.00. The van der Waals surface area contributed by atoms with E-state index in [0.717, 1.165) is 56.8 Å². The molecule has 302 valence electrons. The second-order valence-electron chi connectivity index (χ2n) is 16.0. The van der Waals surface area contributed by atoms with Gasteiger partial charge in [0.25, 0.3) is 17.2 Å². The molecule has 0 aliphatic carbocycles. The molecule has 0 saturated carbocycles. The summed E-state index contributed by atoms with van der Waals surface area (Å²) in [5, 5.41) is 11.1. The van der Waals surface area contributed by atoms with E-state index < -0.39 is 36.2 Å². The van der Waals surface area contributed by atoms with E-state index in [1.54, 1.807) is 28.8 Å². The number of alkyl halides is 2. The number of likely N-dealkylation sites (tertiary alicyclic amines) is 1. The van der Waals surface area contributed by atoms with Gasteiger partial charge in [-0.15, -0.1) is 0 Å². The van der Waals surface area contributed by atoms with Crippen molar-refractivity contribution in [2.75, 3.05) is 83.7 Å². The van der Waals surface area contributed by atoms with Crippen LogP contribution in [0.5, 0.6) is 5.75 Å². The highest BCUT2D eigenvalue weighted by atomic mass is 32.2. The molecule has 3 aliphatic rings. The maximum Gasteiger partial charge on any atom is 0.269 e. The first-order valence-electron chi connectivity index (χ1n) is 19.2. The van der Waals surface area contributed by atoms with Crippen molar-refractivity contribution in [2.24, 2.45) is 5.92 Å². The van der Waals surface area contributed by atoms with Crippen LogP contribution in [-0.2, 0) is 22.0 Å². The summed E-state index contributed by atoms with van der Waals surface area (Å²) in [6.45, 7) is 12.6. The van der Waals surface area contributed by atoms with E-state index in [4.69, 9.17) is 19.2 Å². The summed E-state index contributed by atoms with van der Waals surface area (Å²) in [6.07, 6.45) is 2.03. The second kappa shape index (κ2) is 18.4. The zero-order valence-corrected chi connectivity index (χ0v) is 33.8. The summed E-state index contributed by atoms with van der Waals surface area (Å²) in [5.74, 6) is -3.88. The summed E-state index contributed by atoms with van der Waals surface area (Å²) < 4.78 is 65.2. The van der Waals surface area contributed by atoms with Crippen LogP contribution in [0.2, 0.25) is 25.7 Å². The molecule has 55 heavy (non-hydrogen) atoms. The Bertz CT molecular complexity index is 1820. The van der Waals surface area contributed by atoms with E-state index >= 15 is 13.2 Å². The molecule has 0 spiro atoms. The third kappa shape index (κ3) is 11.2. The summed E-state index contributed by atoms with van der Waals surface area (Å²) in [6, 6.07) is 10.0. The highest BCUT2D eigenvalue weighted by Gasteiger charge is 2.45. The molecule has 0 amide bonds. The van der Waals surface area contributed by atoms with E-state index in [2.05, 4.69) is 29.4 Å². The van der Waals surface area contributed by atoms with Gasteiger partial charge in [0.1, 0.15) is 29.5 Å². The van der Waals surface area contributed by atoms with Crippen LogP contribution in [0, 0.1) is 21.8 Å². The number of rotatable bonds is 16. The third-order valence-corrected chi connectivity index (χ3v) is 13.8. The first-order chi connectivity index (χ1) is 26.3. The number of hydrogen-bond acceptors (Lipinski definition) is 11. The van der Waals surface area contributed by atoms with E-state index in [1.807, 2.05) is 0 Å². The lowest BCUT2D eigenvalue weighted by molar-refractivity contribution is -0.384. The molecule has 17 heteroatoms. The van der Waals surface area contributed by atoms with Crippen LogP contribution in [0.1, 0.15) is 25.1 Å². The van der Waals surface area contributed by atoms with E-state index in [9.17, 15) is 14.9 Å². The predicted molar refractivity (Wildman–Crippen MR) is 212 cm³/mol. The van der Waals surface area contributed by atoms with Crippen molar-refractivity contribution in [3.8, 4) is 5.75 Å². The van der Waals surface area contributed by atoms with Crippen LogP contribution < -0.4 is 15.2 Å². The molecule has 3 fully saturated rings. The normalized spacial score (nSPS) is 20.3. The largest absolute Gasteiger partial charge is 0.493 e. The maximum atomic E-state index is 15.6. The number of piperazine rings is 1. The number of anilines is 1. The fourth-order valence-electron chi connectivity index (χ4n) is 7.16. The molecule has 3 saturated heterocycles. The van der Waals surface area contributed by atoms with Gasteiger partial charge in [-0.3, -0.25) is 29.3 Å². The lowest BCUT2D eigenvalue weighted by Gasteiger charge is -2.40. The van der Waals surface area contributed by atoms with Crippen LogP contribution in [-0.4, -0.2) is 122 Å². The van der Waals surface area contributed by atoms with Gasteiger partial charge in [-0.2, -0.15) is 11.8 Å². The molecular formula is C38H53F3N6O6SSi. The Labute approximate surface area is 325 Å². The molecule has 0 N–H and O–H groups in total. The smallest absolute Gasteiger partial charge is 0.269 e. The van der Waals surface area contributed by atoms with Crippen molar-refractivity contribution < 1.29 is 32.3 Å². The van der Waals surface area contributed by atoms with Gasteiger partial charge < -0.3 is 19.1 Å². The number of nitro groups is 1. The summed E-state index contributed by atoms with van der Waals surface area (Å²) in [7, 11) is -1.36. The third-order valence-electron chi connectivity index (χ3n) is 10.7. The van der Waals surface area contributed by atoms with Crippen molar-refractivity contribution in [1.82, 2.24) is 19.4 Å². The van der Waals surface area contributed by atoms with Gasteiger partial charge in [0.05, 0.1) is 35.3 Å². The Hall–Kier alpha value is -3.22. The topological polar surface area (TPSA) is 115 Å². The number of ether oxygens (including phenoxy) is 3. The molecule has 1 aromatic heterocycles. The molecule has 2 aromatic carbocycles. The van der Waals surface area contributed by atoms with Crippen LogP contribution in [0.4, 0.5) is 24.5 Å². The molecule has 12 nitrogen and oxygen atoms in total. The molecule has 1 unspecified atom stereocenters. The molecule has 3 aliphatic heterocycles. The van der Waals surface area contributed by atoms with Crippen molar-refractivity contribution >= 4 is 42.1 Å². The first kappa shape index (κ1) is 41.4.